The van der Waals surface area contributed by atoms with Gasteiger partial charge >= 0.3 is 0 Å². The third-order valence-corrected chi connectivity index (χ3v) is 5.83. The molecular weight excluding hydrogens is 246 g/mol. The number of nitrogens with one attached hydrogen (secondary N) is 1. The van der Waals surface area contributed by atoms with Crippen LogP contribution in [-0.4, -0.2) is 17.8 Å². The number of carbonyl (C=O) groups excluding carboxylic acids is 1. The third kappa shape index (κ3) is 2.68. The zero-order valence-electron chi connectivity index (χ0n) is 12.6. The molecule has 0 bridgehead atoms. The quantitative estimate of drug-likeness (QED) is 0.732. The number of alkyl halides is 1. The molecule has 1 aliphatic rings. The summed E-state index contributed by atoms with van der Waals surface area (Å²) in [5.74, 6) is 0.782. The van der Waals surface area contributed by atoms with Gasteiger partial charge in [-0.2, -0.15) is 0 Å². The Morgan fingerprint density at radius 2 is 1.61 bits per heavy atom. The van der Waals surface area contributed by atoms with Crippen LogP contribution >= 0.6 is 11.6 Å². The summed E-state index contributed by atoms with van der Waals surface area (Å²) in [5.41, 5.74) is 0.210. The highest BCUT2D eigenvalue weighted by Gasteiger charge is 2.68. The van der Waals surface area contributed by atoms with Gasteiger partial charge in [-0.1, -0.05) is 54.4 Å². The summed E-state index contributed by atoms with van der Waals surface area (Å²) < 4.78 is 0. The fraction of sp³-hybridized carbons (Fsp3) is 0.933. The lowest BCUT2D eigenvalue weighted by Gasteiger charge is -2.19. The van der Waals surface area contributed by atoms with E-state index in [1.54, 1.807) is 0 Å². The molecule has 3 heteroatoms. The first kappa shape index (κ1) is 15.8. The van der Waals surface area contributed by atoms with Crippen LogP contribution in [0.15, 0.2) is 0 Å². The third-order valence-electron chi connectivity index (χ3n) is 5.31. The lowest BCUT2D eigenvalue weighted by molar-refractivity contribution is -0.123. The molecule has 1 fully saturated rings. The van der Waals surface area contributed by atoms with Gasteiger partial charge in [0.2, 0.25) is 5.91 Å². The second-order valence-electron chi connectivity index (χ2n) is 6.71. The van der Waals surface area contributed by atoms with Crippen LogP contribution in [0.25, 0.3) is 0 Å². The first-order valence-electron chi connectivity index (χ1n) is 7.11. The van der Waals surface area contributed by atoms with Crippen molar-refractivity contribution in [3.63, 3.8) is 0 Å². The summed E-state index contributed by atoms with van der Waals surface area (Å²) in [6.45, 7) is 13.5. The minimum atomic E-state index is 0.0499. The van der Waals surface area contributed by atoms with Crippen molar-refractivity contribution in [2.75, 3.05) is 6.54 Å². The lowest BCUT2D eigenvalue weighted by Crippen LogP contribution is -2.35. The topological polar surface area (TPSA) is 29.1 Å². The number of hydrogen-bond acceptors (Lipinski definition) is 1. The first-order valence-corrected chi connectivity index (χ1v) is 7.55. The van der Waals surface area contributed by atoms with Gasteiger partial charge < -0.3 is 5.32 Å². The summed E-state index contributed by atoms with van der Waals surface area (Å²) in [5, 5.41) is 3.08. The highest BCUT2D eigenvalue weighted by Crippen LogP contribution is 2.68. The van der Waals surface area contributed by atoms with Crippen molar-refractivity contribution < 1.29 is 4.79 Å². The van der Waals surface area contributed by atoms with Crippen molar-refractivity contribution in [3.8, 4) is 0 Å². The predicted octanol–water partition coefficient (Wildman–Crippen LogP) is 3.83. The maximum absolute atomic E-state index is 12.2. The minimum absolute atomic E-state index is 0.0499. The second kappa shape index (κ2) is 5.40. The number of carbonyl (C=O) groups is 1. The van der Waals surface area contributed by atoms with Crippen molar-refractivity contribution in [2.24, 2.45) is 22.7 Å². The van der Waals surface area contributed by atoms with Crippen LogP contribution in [0.1, 0.15) is 54.4 Å². The van der Waals surface area contributed by atoms with E-state index in [-0.39, 0.29) is 28.0 Å². The van der Waals surface area contributed by atoms with Crippen LogP contribution in [0.4, 0.5) is 0 Å². The van der Waals surface area contributed by atoms with Crippen LogP contribution in [0, 0.1) is 22.7 Å². The molecule has 0 aromatic carbocycles. The van der Waals surface area contributed by atoms with Gasteiger partial charge in [0.25, 0.3) is 0 Å². The lowest BCUT2D eigenvalue weighted by atomic mass is 9.99. The largest absolute Gasteiger partial charge is 0.354 e. The van der Waals surface area contributed by atoms with Crippen LogP contribution in [0.2, 0.25) is 0 Å². The van der Waals surface area contributed by atoms with Crippen molar-refractivity contribution in [1.82, 2.24) is 5.32 Å². The van der Waals surface area contributed by atoms with Gasteiger partial charge in [-0.15, -0.1) is 11.6 Å². The second-order valence-corrected chi connectivity index (χ2v) is 7.27. The first-order chi connectivity index (χ1) is 8.20. The SMILES string of the molecule is CCC(CC)C(Cl)CNC(=O)C1C(C)(C)C1(C)C. The molecule has 1 atom stereocenters. The van der Waals surface area contributed by atoms with Crippen LogP contribution < -0.4 is 5.32 Å². The average molecular weight is 274 g/mol. The number of halogens is 1. The van der Waals surface area contributed by atoms with Crippen molar-refractivity contribution in [2.45, 2.75) is 59.8 Å². The van der Waals surface area contributed by atoms with E-state index in [1.807, 2.05) is 0 Å². The Balaban J connectivity index is 2.44. The Labute approximate surface area is 117 Å². The van der Waals surface area contributed by atoms with E-state index < -0.39 is 0 Å². The molecule has 0 saturated heterocycles. The molecule has 0 spiro atoms. The summed E-state index contributed by atoms with van der Waals surface area (Å²) in [4.78, 5) is 12.2. The molecule has 106 valence electrons. The van der Waals surface area contributed by atoms with E-state index in [2.05, 4.69) is 46.9 Å². The standard InChI is InChI=1S/C15H28ClNO/c1-7-10(8-2)11(16)9-17-13(18)12-14(3,4)15(12,5)6/h10-12H,7-9H2,1-6H3,(H,17,18). The fourth-order valence-corrected chi connectivity index (χ4v) is 3.55. The zero-order chi connectivity index (χ0) is 14.1. The van der Waals surface area contributed by atoms with Gasteiger partial charge in [-0.25, -0.2) is 0 Å². The Morgan fingerprint density at radius 1 is 1.17 bits per heavy atom. The monoisotopic (exact) mass is 273 g/mol. The summed E-state index contributed by atoms with van der Waals surface area (Å²) in [7, 11) is 0. The van der Waals surface area contributed by atoms with Crippen molar-refractivity contribution in [1.29, 1.82) is 0 Å². The van der Waals surface area contributed by atoms with Crippen LogP contribution in [0.5, 0.6) is 0 Å². The molecule has 1 amide bonds. The Kier molecular flexibility index (Phi) is 4.75. The molecular formula is C15H28ClNO. The van der Waals surface area contributed by atoms with Gasteiger partial charge in [-0.05, 0) is 16.7 Å². The molecule has 0 heterocycles. The summed E-state index contributed by atoms with van der Waals surface area (Å²) in [6, 6.07) is 0. The van der Waals surface area contributed by atoms with Gasteiger partial charge in [0.05, 0.1) is 5.38 Å². The van der Waals surface area contributed by atoms with E-state index in [9.17, 15) is 4.79 Å². The molecule has 1 saturated carbocycles. The highest BCUT2D eigenvalue weighted by atomic mass is 35.5. The van der Waals surface area contributed by atoms with E-state index >= 15 is 0 Å². The molecule has 0 aliphatic heterocycles. The number of rotatable bonds is 6. The molecule has 0 aromatic heterocycles. The normalized spacial score (nSPS) is 22.9. The number of amides is 1. The zero-order valence-corrected chi connectivity index (χ0v) is 13.4. The van der Waals surface area contributed by atoms with Crippen molar-refractivity contribution >= 4 is 17.5 Å². The molecule has 1 aliphatic carbocycles. The molecule has 18 heavy (non-hydrogen) atoms. The summed E-state index contributed by atoms with van der Waals surface area (Å²) >= 11 is 6.34. The van der Waals surface area contributed by atoms with E-state index in [1.165, 1.54) is 0 Å². The molecule has 1 unspecified atom stereocenters. The van der Waals surface area contributed by atoms with E-state index in [0.717, 1.165) is 12.8 Å². The Hall–Kier alpha value is -0.240. The Morgan fingerprint density at radius 3 is 1.94 bits per heavy atom. The molecule has 0 radical (unpaired) electrons. The average Bonchev–Trinajstić information content (AvgIpc) is 2.68. The Bertz CT molecular complexity index is 294. The molecule has 1 N–H and O–H groups in total. The predicted molar refractivity (Wildman–Crippen MR) is 77.8 cm³/mol. The van der Waals surface area contributed by atoms with Gasteiger partial charge in [0, 0.05) is 12.5 Å². The van der Waals surface area contributed by atoms with Gasteiger partial charge in [0.1, 0.15) is 0 Å². The molecule has 2 nitrogen and oxygen atoms in total. The number of hydrogen-bond donors (Lipinski definition) is 1. The maximum Gasteiger partial charge on any atom is 0.224 e. The van der Waals surface area contributed by atoms with Crippen LogP contribution in [-0.2, 0) is 4.79 Å². The smallest absolute Gasteiger partial charge is 0.224 e. The summed E-state index contributed by atoms with van der Waals surface area (Å²) in [6.07, 6.45) is 2.14. The highest BCUT2D eigenvalue weighted by molar-refractivity contribution is 6.21. The van der Waals surface area contributed by atoms with Gasteiger partial charge in [-0.3, -0.25) is 4.79 Å². The van der Waals surface area contributed by atoms with Crippen molar-refractivity contribution in [3.05, 3.63) is 0 Å². The van der Waals surface area contributed by atoms with Gasteiger partial charge in [0.15, 0.2) is 0 Å². The maximum atomic E-state index is 12.2. The molecule has 1 rings (SSSR count). The molecule has 0 aromatic rings. The van der Waals surface area contributed by atoms with E-state index in [4.69, 9.17) is 11.6 Å². The fourth-order valence-electron chi connectivity index (χ4n) is 3.12. The van der Waals surface area contributed by atoms with Crippen LogP contribution in [0.3, 0.4) is 0 Å². The van der Waals surface area contributed by atoms with E-state index in [0.29, 0.717) is 12.5 Å². The minimum Gasteiger partial charge on any atom is -0.354 e.